The van der Waals surface area contributed by atoms with E-state index >= 15 is 0 Å². The summed E-state index contributed by atoms with van der Waals surface area (Å²) in [5.74, 6) is 1.02. The van der Waals surface area contributed by atoms with Crippen LogP contribution in [0.4, 0.5) is 0 Å². The Morgan fingerprint density at radius 3 is 2.35 bits per heavy atom. The molecule has 2 aromatic rings. The molecule has 124 valence electrons. The van der Waals surface area contributed by atoms with E-state index in [4.69, 9.17) is 4.74 Å². The fourth-order valence-corrected chi connectivity index (χ4v) is 3.33. The van der Waals surface area contributed by atoms with Crippen LogP contribution in [0.3, 0.4) is 0 Å². The molecule has 0 saturated heterocycles. The first-order valence-electron chi connectivity index (χ1n) is 8.56. The predicted octanol–water partition coefficient (Wildman–Crippen LogP) is 6.26. The molecule has 0 heterocycles. The van der Waals surface area contributed by atoms with Crippen molar-refractivity contribution in [3.05, 3.63) is 64.2 Å². The lowest BCUT2D eigenvalue weighted by atomic mass is 9.95. The molecular weight excluding hydrogens is 395 g/mol. The van der Waals surface area contributed by atoms with Crippen LogP contribution in [0.25, 0.3) is 0 Å². The fourth-order valence-electron chi connectivity index (χ4n) is 2.86. The van der Waals surface area contributed by atoms with Gasteiger partial charge in [0.25, 0.3) is 0 Å². The summed E-state index contributed by atoms with van der Waals surface area (Å²) in [4.78, 5) is 0. The summed E-state index contributed by atoms with van der Waals surface area (Å²) in [5, 5.41) is 0. The van der Waals surface area contributed by atoms with Crippen LogP contribution in [0, 0.1) is 6.92 Å². The summed E-state index contributed by atoms with van der Waals surface area (Å²) >= 11 is 2.44. The van der Waals surface area contributed by atoms with E-state index in [1.54, 1.807) is 0 Å². The molecule has 1 nitrogen and oxygen atoms in total. The SMILES string of the molecule is CCCOc1ccc(Cc2cc(CI)ccc2CCC)cc1C. The van der Waals surface area contributed by atoms with Gasteiger partial charge in [-0.1, -0.05) is 73.2 Å². The van der Waals surface area contributed by atoms with Gasteiger partial charge in [0.2, 0.25) is 0 Å². The van der Waals surface area contributed by atoms with Gasteiger partial charge >= 0.3 is 0 Å². The van der Waals surface area contributed by atoms with Crippen molar-refractivity contribution >= 4 is 22.6 Å². The van der Waals surface area contributed by atoms with Crippen LogP contribution in [-0.4, -0.2) is 6.61 Å². The highest BCUT2D eigenvalue weighted by Crippen LogP contribution is 2.24. The largest absolute Gasteiger partial charge is 0.493 e. The van der Waals surface area contributed by atoms with Crippen LogP contribution in [0.5, 0.6) is 5.75 Å². The Labute approximate surface area is 154 Å². The third-order valence-corrected chi connectivity index (χ3v) is 4.92. The van der Waals surface area contributed by atoms with Gasteiger partial charge in [0.05, 0.1) is 6.61 Å². The summed E-state index contributed by atoms with van der Waals surface area (Å²) in [6, 6.07) is 13.6. The summed E-state index contributed by atoms with van der Waals surface area (Å²) in [7, 11) is 0. The zero-order valence-electron chi connectivity index (χ0n) is 14.5. The minimum atomic E-state index is 0.790. The maximum Gasteiger partial charge on any atom is 0.122 e. The zero-order valence-corrected chi connectivity index (χ0v) is 16.7. The van der Waals surface area contributed by atoms with Crippen molar-refractivity contribution < 1.29 is 4.74 Å². The van der Waals surface area contributed by atoms with Gasteiger partial charge in [-0.2, -0.15) is 0 Å². The van der Waals surface area contributed by atoms with E-state index in [0.29, 0.717) is 0 Å². The molecule has 0 spiro atoms. The highest BCUT2D eigenvalue weighted by Gasteiger charge is 2.07. The number of rotatable bonds is 8. The number of ether oxygens (including phenoxy) is 1. The quantitative estimate of drug-likeness (QED) is 0.360. The minimum Gasteiger partial charge on any atom is -0.493 e. The molecule has 0 amide bonds. The van der Waals surface area contributed by atoms with Crippen molar-refractivity contribution in [1.82, 2.24) is 0 Å². The van der Waals surface area contributed by atoms with E-state index in [-0.39, 0.29) is 0 Å². The molecule has 0 N–H and O–H groups in total. The number of hydrogen-bond acceptors (Lipinski definition) is 1. The zero-order chi connectivity index (χ0) is 16.7. The van der Waals surface area contributed by atoms with Crippen LogP contribution < -0.4 is 4.74 Å². The number of aryl methyl sites for hydroxylation is 2. The Hall–Kier alpha value is -1.03. The van der Waals surface area contributed by atoms with E-state index in [9.17, 15) is 0 Å². The molecule has 0 aromatic heterocycles. The fraction of sp³-hybridized carbons (Fsp3) is 0.429. The smallest absolute Gasteiger partial charge is 0.122 e. The Kier molecular flexibility index (Phi) is 7.41. The van der Waals surface area contributed by atoms with Gasteiger partial charge in [-0.15, -0.1) is 0 Å². The maximum atomic E-state index is 5.79. The summed E-state index contributed by atoms with van der Waals surface area (Å²) in [5.41, 5.74) is 6.99. The second-order valence-corrected chi connectivity index (χ2v) is 6.87. The molecule has 0 bridgehead atoms. The first-order chi connectivity index (χ1) is 11.2. The molecule has 0 aliphatic rings. The standard InChI is InChI=1S/C21H27IO/c1-4-6-19-9-7-18(15-22)14-20(19)13-17-8-10-21(16(3)12-17)23-11-5-2/h7-10,12,14H,4-6,11,13,15H2,1-3H3. The van der Waals surface area contributed by atoms with E-state index in [1.807, 2.05) is 0 Å². The molecule has 0 aliphatic heterocycles. The van der Waals surface area contributed by atoms with E-state index in [0.717, 1.165) is 36.0 Å². The molecule has 0 unspecified atom stereocenters. The van der Waals surface area contributed by atoms with Crippen molar-refractivity contribution in [1.29, 1.82) is 0 Å². The third-order valence-electron chi connectivity index (χ3n) is 4.04. The van der Waals surface area contributed by atoms with E-state index < -0.39 is 0 Å². The van der Waals surface area contributed by atoms with Crippen molar-refractivity contribution in [2.24, 2.45) is 0 Å². The van der Waals surface area contributed by atoms with Gasteiger partial charge < -0.3 is 4.74 Å². The van der Waals surface area contributed by atoms with Crippen molar-refractivity contribution in [3.8, 4) is 5.75 Å². The van der Waals surface area contributed by atoms with Crippen LogP contribution in [0.2, 0.25) is 0 Å². The molecular formula is C21H27IO. The highest BCUT2D eigenvalue weighted by atomic mass is 127. The number of alkyl halides is 1. The minimum absolute atomic E-state index is 0.790. The summed E-state index contributed by atoms with van der Waals surface area (Å²) < 4.78 is 6.86. The Morgan fingerprint density at radius 1 is 0.913 bits per heavy atom. The van der Waals surface area contributed by atoms with Gasteiger partial charge in [-0.25, -0.2) is 0 Å². The van der Waals surface area contributed by atoms with E-state index in [1.165, 1.54) is 34.2 Å². The van der Waals surface area contributed by atoms with Gasteiger partial charge in [0.15, 0.2) is 0 Å². The first-order valence-corrected chi connectivity index (χ1v) is 10.1. The average Bonchev–Trinajstić information content (AvgIpc) is 2.56. The monoisotopic (exact) mass is 422 g/mol. The van der Waals surface area contributed by atoms with E-state index in [2.05, 4.69) is 79.8 Å². The van der Waals surface area contributed by atoms with Crippen LogP contribution >= 0.6 is 22.6 Å². The number of benzene rings is 2. The molecule has 23 heavy (non-hydrogen) atoms. The van der Waals surface area contributed by atoms with Crippen LogP contribution in [-0.2, 0) is 17.3 Å². The molecule has 0 fully saturated rings. The average molecular weight is 422 g/mol. The second-order valence-electron chi connectivity index (χ2n) is 6.11. The van der Waals surface area contributed by atoms with Crippen molar-refractivity contribution in [2.45, 2.75) is 50.9 Å². The maximum absolute atomic E-state index is 5.79. The van der Waals surface area contributed by atoms with Crippen molar-refractivity contribution in [3.63, 3.8) is 0 Å². The summed E-state index contributed by atoms with van der Waals surface area (Å²) in [6.45, 7) is 7.32. The molecule has 0 aliphatic carbocycles. The van der Waals surface area contributed by atoms with Gasteiger partial charge in [-0.3, -0.25) is 0 Å². The first kappa shape index (κ1) is 18.3. The third kappa shape index (κ3) is 5.23. The topological polar surface area (TPSA) is 9.23 Å². The van der Waals surface area contributed by atoms with Gasteiger partial charge in [-0.05, 0) is 60.1 Å². The predicted molar refractivity (Wildman–Crippen MR) is 108 cm³/mol. The lowest BCUT2D eigenvalue weighted by molar-refractivity contribution is 0.315. The molecule has 0 saturated carbocycles. The Morgan fingerprint density at radius 2 is 1.70 bits per heavy atom. The number of halogens is 1. The van der Waals surface area contributed by atoms with Crippen molar-refractivity contribution in [2.75, 3.05) is 6.61 Å². The van der Waals surface area contributed by atoms with Crippen LogP contribution in [0.1, 0.15) is 54.5 Å². The lowest BCUT2D eigenvalue weighted by Gasteiger charge is -2.13. The highest BCUT2D eigenvalue weighted by molar-refractivity contribution is 14.1. The molecule has 0 radical (unpaired) electrons. The molecule has 2 aromatic carbocycles. The summed E-state index contributed by atoms with van der Waals surface area (Å²) in [6.07, 6.45) is 4.41. The number of hydrogen-bond donors (Lipinski definition) is 0. The van der Waals surface area contributed by atoms with Gasteiger partial charge in [0, 0.05) is 4.43 Å². The Balaban J connectivity index is 2.22. The molecule has 0 atom stereocenters. The second kappa shape index (κ2) is 9.31. The Bertz CT molecular complexity index is 634. The molecule has 2 heteroatoms. The lowest BCUT2D eigenvalue weighted by Crippen LogP contribution is -2.00. The van der Waals surface area contributed by atoms with Gasteiger partial charge in [0.1, 0.15) is 5.75 Å². The molecule has 2 rings (SSSR count). The van der Waals surface area contributed by atoms with Crippen LogP contribution in [0.15, 0.2) is 36.4 Å². The normalized spacial score (nSPS) is 10.8.